The minimum absolute atomic E-state index is 0.302. The van der Waals surface area contributed by atoms with Gasteiger partial charge in [-0.2, -0.15) is 10.2 Å². The Kier molecular flexibility index (Phi) is 5.48. The Hall–Kier alpha value is -2.63. The van der Waals surface area contributed by atoms with Gasteiger partial charge in [-0.1, -0.05) is 41.4 Å². The normalized spacial score (nSPS) is 11.0. The minimum atomic E-state index is -0.302. The van der Waals surface area contributed by atoms with Crippen molar-refractivity contribution in [2.24, 2.45) is 5.10 Å². The van der Waals surface area contributed by atoms with E-state index in [-0.39, 0.29) is 5.91 Å². The zero-order valence-corrected chi connectivity index (χ0v) is 14.6. The van der Waals surface area contributed by atoms with Crippen LogP contribution in [0.15, 0.2) is 66.0 Å². The molecule has 1 N–H and O–H groups in total. The Labute approximate surface area is 154 Å². The number of hydrazone groups is 1. The number of benzene rings is 2. The molecule has 1 aromatic heterocycles. The van der Waals surface area contributed by atoms with Crippen LogP contribution in [-0.2, 0) is 6.54 Å². The van der Waals surface area contributed by atoms with Gasteiger partial charge in [0.25, 0.3) is 5.91 Å². The van der Waals surface area contributed by atoms with Gasteiger partial charge in [0, 0.05) is 28.5 Å². The Bertz CT molecular complexity index is 907. The number of amides is 1. The highest BCUT2D eigenvalue weighted by Crippen LogP contribution is 2.19. The summed E-state index contributed by atoms with van der Waals surface area (Å²) in [6, 6.07) is 14.2. The predicted molar refractivity (Wildman–Crippen MR) is 99.3 cm³/mol. The highest BCUT2D eigenvalue weighted by atomic mass is 35.5. The molecule has 1 heterocycles. The molecule has 0 aliphatic rings. The summed E-state index contributed by atoms with van der Waals surface area (Å²) < 4.78 is 1.79. The molecular formula is C18H14Cl2N4O. The van der Waals surface area contributed by atoms with E-state index in [1.165, 1.54) is 6.21 Å². The largest absolute Gasteiger partial charge is 0.271 e. The first-order valence-electron chi connectivity index (χ1n) is 7.46. The number of carbonyl (C=O) groups is 1. The fraction of sp³-hybridized carbons (Fsp3) is 0.0556. The third-order valence-electron chi connectivity index (χ3n) is 3.43. The number of carbonyl (C=O) groups excluding carboxylic acids is 1. The summed E-state index contributed by atoms with van der Waals surface area (Å²) in [6.45, 7) is 0.595. The van der Waals surface area contributed by atoms with Crippen LogP contribution in [-0.4, -0.2) is 21.9 Å². The highest BCUT2D eigenvalue weighted by Gasteiger charge is 2.06. The zero-order valence-electron chi connectivity index (χ0n) is 13.1. The number of hydrogen-bond acceptors (Lipinski definition) is 3. The number of halogens is 2. The van der Waals surface area contributed by atoms with Crippen molar-refractivity contribution in [2.45, 2.75) is 6.54 Å². The first-order chi connectivity index (χ1) is 12.1. The molecule has 0 saturated heterocycles. The van der Waals surface area contributed by atoms with Crippen molar-refractivity contribution in [2.75, 3.05) is 0 Å². The molecule has 0 aliphatic heterocycles. The van der Waals surface area contributed by atoms with Crippen molar-refractivity contribution in [3.05, 3.63) is 87.7 Å². The maximum atomic E-state index is 12.2. The maximum Gasteiger partial charge on any atom is 0.271 e. The van der Waals surface area contributed by atoms with E-state index in [1.54, 1.807) is 35.1 Å². The van der Waals surface area contributed by atoms with Crippen LogP contribution in [0.5, 0.6) is 0 Å². The molecule has 0 atom stereocenters. The molecule has 0 aliphatic carbocycles. The first kappa shape index (κ1) is 17.2. The van der Waals surface area contributed by atoms with E-state index in [0.29, 0.717) is 27.7 Å². The Balaban J connectivity index is 1.65. The lowest BCUT2D eigenvalue weighted by atomic mass is 10.1. The molecule has 5 nitrogen and oxygen atoms in total. The Morgan fingerprint density at radius 1 is 1.20 bits per heavy atom. The maximum absolute atomic E-state index is 12.2. The smallest absolute Gasteiger partial charge is 0.268 e. The van der Waals surface area contributed by atoms with Crippen molar-refractivity contribution < 1.29 is 4.79 Å². The molecule has 0 radical (unpaired) electrons. The number of nitrogens with zero attached hydrogens (tertiary/aromatic N) is 3. The second kappa shape index (κ2) is 7.96. The number of hydrogen-bond donors (Lipinski definition) is 1. The highest BCUT2D eigenvalue weighted by molar-refractivity contribution is 6.36. The van der Waals surface area contributed by atoms with E-state index in [2.05, 4.69) is 15.6 Å². The van der Waals surface area contributed by atoms with Crippen molar-refractivity contribution >= 4 is 35.3 Å². The van der Waals surface area contributed by atoms with Gasteiger partial charge in [0.15, 0.2) is 0 Å². The molecule has 0 spiro atoms. The summed E-state index contributed by atoms with van der Waals surface area (Å²) in [5, 5.41) is 9.10. The van der Waals surface area contributed by atoms with Gasteiger partial charge in [-0.05, 0) is 35.9 Å². The fourth-order valence-electron chi connectivity index (χ4n) is 2.22. The topological polar surface area (TPSA) is 59.3 Å². The monoisotopic (exact) mass is 372 g/mol. The summed E-state index contributed by atoms with van der Waals surface area (Å²) >= 11 is 11.9. The van der Waals surface area contributed by atoms with Gasteiger partial charge in [-0.25, -0.2) is 5.43 Å². The van der Waals surface area contributed by atoms with E-state index >= 15 is 0 Å². The zero-order chi connectivity index (χ0) is 17.6. The van der Waals surface area contributed by atoms with Gasteiger partial charge in [0.1, 0.15) is 0 Å². The molecule has 3 aromatic rings. The molecular weight excluding hydrogens is 359 g/mol. The van der Waals surface area contributed by atoms with Crippen LogP contribution >= 0.6 is 23.2 Å². The van der Waals surface area contributed by atoms with Crippen LogP contribution in [0, 0.1) is 0 Å². The van der Waals surface area contributed by atoms with Crippen LogP contribution in [0.1, 0.15) is 21.5 Å². The van der Waals surface area contributed by atoms with E-state index in [1.807, 2.05) is 30.5 Å². The van der Waals surface area contributed by atoms with Gasteiger partial charge < -0.3 is 0 Å². The lowest BCUT2D eigenvalue weighted by molar-refractivity contribution is 0.0955. The lowest BCUT2D eigenvalue weighted by Crippen LogP contribution is -2.18. The van der Waals surface area contributed by atoms with Gasteiger partial charge in [-0.15, -0.1) is 0 Å². The van der Waals surface area contributed by atoms with Crippen LogP contribution in [0.3, 0.4) is 0 Å². The van der Waals surface area contributed by atoms with Crippen LogP contribution in [0.4, 0.5) is 0 Å². The molecule has 2 aromatic carbocycles. The quantitative estimate of drug-likeness (QED) is 0.543. The molecule has 3 rings (SSSR count). The average Bonchev–Trinajstić information content (AvgIpc) is 3.10. The summed E-state index contributed by atoms with van der Waals surface area (Å²) in [5.74, 6) is -0.302. The van der Waals surface area contributed by atoms with E-state index in [9.17, 15) is 4.79 Å². The van der Waals surface area contributed by atoms with E-state index < -0.39 is 0 Å². The molecule has 0 unspecified atom stereocenters. The summed E-state index contributed by atoms with van der Waals surface area (Å²) in [7, 11) is 0. The lowest BCUT2D eigenvalue weighted by Gasteiger charge is -2.05. The molecule has 1 amide bonds. The third-order valence-corrected chi connectivity index (χ3v) is 3.99. The predicted octanol–water partition coefficient (Wildman–Crippen LogP) is 4.00. The number of nitrogens with one attached hydrogen (secondary N) is 1. The van der Waals surface area contributed by atoms with Gasteiger partial charge in [0.05, 0.1) is 17.8 Å². The van der Waals surface area contributed by atoms with E-state index in [0.717, 1.165) is 5.56 Å². The third kappa shape index (κ3) is 4.68. The van der Waals surface area contributed by atoms with E-state index in [4.69, 9.17) is 23.2 Å². The van der Waals surface area contributed by atoms with Crippen molar-refractivity contribution in [1.82, 2.24) is 15.2 Å². The number of aromatic nitrogens is 2. The van der Waals surface area contributed by atoms with Crippen LogP contribution in [0.2, 0.25) is 10.0 Å². The molecule has 7 heteroatoms. The molecule has 126 valence electrons. The first-order valence-corrected chi connectivity index (χ1v) is 8.22. The minimum Gasteiger partial charge on any atom is -0.268 e. The second-order valence-electron chi connectivity index (χ2n) is 5.27. The Morgan fingerprint density at radius 2 is 2.08 bits per heavy atom. The molecule has 0 bridgehead atoms. The molecule has 25 heavy (non-hydrogen) atoms. The summed E-state index contributed by atoms with van der Waals surface area (Å²) in [5.41, 5.74) is 4.65. The van der Waals surface area contributed by atoms with Crippen LogP contribution < -0.4 is 5.43 Å². The standard InChI is InChI=1S/C18H14Cl2N4O/c19-16-6-5-15(17(20)10-16)11-21-23-18(25)14-4-1-3-13(9-14)12-24-8-2-7-22-24/h1-11H,12H2,(H,23,25)/b21-11-. The summed E-state index contributed by atoms with van der Waals surface area (Å²) in [4.78, 5) is 12.2. The van der Waals surface area contributed by atoms with Crippen LogP contribution in [0.25, 0.3) is 0 Å². The van der Waals surface area contributed by atoms with Gasteiger partial charge in [-0.3, -0.25) is 9.48 Å². The van der Waals surface area contributed by atoms with Crippen molar-refractivity contribution in [1.29, 1.82) is 0 Å². The Morgan fingerprint density at radius 3 is 2.84 bits per heavy atom. The average molecular weight is 373 g/mol. The van der Waals surface area contributed by atoms with Crippen molar-refractivity contribution in [3.63, 3.8) is 0 Å². The molecule has 0 fully saturated rings. The summed E-state index contributed by atoms with van der Waals surface area (Å²) in [6.07, 6.45) is 5.06. The van der Waals surface area contributed by atoms with Crippen molar-refractivity contribution in [3.8, 4) is 0 Å². The SMILES string of the molecule is O=C(N/N=C\c1ccc(Cl)cc1Cl)c1cccc(Cn2cccn2)c1. The number of rotatable bonds is 5. The van der Waals surface area contributed by atoms with Gasteiger partial charge >= 0.3 is 0 Å². The fourth-order valence-corrected chi connectivity index (χ4v) is 2.68. The molecule has 0 saturated carbocycles. The van der Waals surface area contributed by atoms with Gasteiger partial charge in [0.2, 0.25) is 0 Å². The second-order valence-corrected chi connectivity index (χ2v) is 6.11.